The number of rotatable bonds is 50. The van der Waals surface area contributed by atoms with E-state index in [-0.39, 0.29) is 25.2 Å². The average molecular weight is 869 g/mol. The summed E-state index contributed by atoms with van der Waals surface area (Å²) in [5.41, 5.74) is 0. The molecule has 0 aliphatic carbocycles. The van der Waals surface area contributed by atoms with Crippen LogP contribution in [0.2, 0.25) is 0 Å². The van der Waals surface area contributed by atoms with E-state index < -0.39 is 6.10 Å². The van der Waals surface area contributed by atoms with Crippen LogP contribution in [0.5, 0.6) is 0 Å². The predicted molar refractivity (Wildman–Crippen MR) is 270 cm³/mol. The van der Waals surface area contributed by atoms with E-state index in [1.54, 1.807) is 0 Å². The molecule has 5 nitrogen and oxygen atoms in total. The van der Waals surface area contributed by atoms with Crippen molar-refractivity contribution in [3.05, 3.63) is 48.6 Å². The van der Waals surface area contributed by atoms with Gasteiger partial charge in [0.1, 0.15) is 19.3 Å². The summed E-state index contributed by atoms with van der Waals surface area (Å²) >= 11 is 0. The summed E-state index contributed by atoms with van der Waals surface area (Å²) in [6.45, 7) is 7.62. The summed E-state index contributed by atoms with van der Waals surface area (Å²) in [5.74, 6) is -0.352. The molecule has 0 fully saturated rings. The van der Waals surface area contributed by atoms with Gasteiger partial charge < -0.3 is 14.2 Å². The van der Waals surface area contributed by atoms with Crippen molar-refractivity contribution in [2.75, 3.05) is 19.8 Å². The lowest BCUT2D eigenvalue weighted by atomic mass is 10.0. The molecule has 0 saturated heterocycles. The van der Waals surface area contributed by atoms with Crippen molar-refractivity contribution in [3.63, 3.8) is 0 Å². The highest BCUT2D eigenvalue weighted by atomic mass is 16.6. The van der Waals surface area contributed by atoms with Gasteiger partial charge in [0.15, 0.2) is 0 Å². The van der Waals surface area contributed by atoms with Gasteiger partial charge in [-0.1, -0.05) is 236 Å². The molecule has 0 aliphatic heterocycles. The summed E-state index contributed by atoms with van der Waals surface area (Å²) in [6, 6.07) is 0. The molecule has 62 heavy (non-hydrogen) atoms. The first-order valence-electron chi connectivity index (χ1n) is 27.2. The van der Waals surface area contributed by atoms with Crippen LogP contribution in [-0.4, -0.2) is 37.9 Å². The molecule has 0 N–H and O–H groups in total. The van der Waals surface area contributed by atoms with E-state index in [1.165, 1.54) is 161 Å². The normalized spacial score (nSPS) is 12.5. The Morgan fingerprint density at radius 1 is 0.355 bits per heavy atom. The molecule has 0 aliphatic rings. The molecule has 0 saturated carbocycles. The molecule has 0 aromatic heterocycles. The minimum atomic E-state index is -0.408. The number of unbranched alkanes of at least 4 members (excludes halogenated alkanes) is 31. The zero-order chi connectivity index (χ0) is 44.9. The van der Waals surface area contributed by atoms with Gasteiger partial charge in [-0.25, -0.2) is 0 Å². The van der Waals surface area contributed by atoms with Gasteiger partial charge in [0, 0.05) is 19.4 Å². The monoisotopic (exact) mass is 869 g/mol. The first-order chi connectivity index (χ1) is 30.6. The van der Waals surface area contributed by atoms with Gasteiger partial charge >= 0.3 is 11.9 Å². The van der Waals surface area contributed by atoms with Crippen LogP contribution >= 0.6 is 0 Å². The van der Waals surface area contributed by atoms with Crippen molar-refractivity contribution in [2.24, 2.45) is 0 Å². The zero-order valence-electron chi connectivity index (χ0n) is 41.6. The zero-order valence-corrected chi connectivity index (χ0v) is 41.6. The fraction of sp³-hybridized carbons (Fsp3) is 0.825. The van der Waals surface area contributed by atoms with Crippen molar-refractivity contribution in [1.82, 2.24) is 0 Å². The summed E-state index contributed by atoms with van der Waals surface area (Å²) in [5, 5.41) is 0. The molecule has 0 radical (unpaired) electrons. The van der Waals surface area contributed by atoms with E-state index in [1.807, 2.05) is 0 Å². The Hall–Kier alpha value is -2.14. The van der Waals surface area contributed by atoms with E-state index in [9.17, 15) is 9.59 Å². The number of carbonyl (C=O) groups excluding carboxylic acids is 2. The topological polar surface area (TPSA) is 61.8 Å². The van der Waals surface area contributed by atoms with Gasteiger partial charge in [-0.05, 0) is 77.0 Å². The molecule has 0 amide bonds. The number of esters is 2. The van der Waals surface area contributed by atoms with E-state index in [2.05, 4.69) is 69.4 Å². The van der Waals surface area contributed by atoms with Crippen LogP contribution in [0.1, 0.15) is 278 Å². The number of ether oxygens (including phenoxy) is 3. The molecule has 5 heteroatoms. The maximum absolute atomic E-state index is 12.6. The van der Waals surface area contributed by atoms with Gasteiger partial charge in [0.25, 0.3) is 0 Å². The van der Waals surface area contributed by atoms with Crippen LogP contribution in [0.25, 0.3) is 0 Å². The minimum Gasteiger partial charge on any atom is -0.463 e. The maximum Gasteiger partial charge on any atom is 0.305 e. The van der Waals surface area contributed by atoms with E-state index in [0.717, 1.165) is 83.5 Å². The molecule has 0 aromatic carbocycles. The summed E-state index contributed by atoms with van der Waals surface area (Å²) < 4.78 is 17.5. The smallest absolute Gasteiger partial charge is 0.305 e. The van der Waals surface area contributed by atoms with Crippen molar-refractivity contribution < 1.29 is 23.8 Å². The molecule has 1 atom stereocenters. The minimum absolute atomic E-state index is 0.148. The molecular weight excluding hydrogens is 765 g/mol. The van der Waals surface area contributed by atoms with E-state index in [0.29, 0.717) is 19.4 Å². The molecule has 0 unspecified atom stereocenters. The van der Waals surface area contributed by atoms with Gasteiger partial charge in [-0.2, -0.15) is 0 Å². The highest BCUT2D eigenvalue weighted by molar-refractivity contribution is 5.69. The van der Waals surface area contributed by atoms with E-state index in [4.69, 9.17) is 14.2 Å². The van der Waals surface area contributed by atoms with Crippen LogP contribution in [0.3, 0.4) is 0 Å². The highest BCUT2D eigenvalue weighted by Crippen LogP contribution is 2.15. The molecule has 0 spiro atoms. The van der Waals surface area contributed by atoms with Gasteiger partial charge in [0.2, 0.25) is 0 Å². The Kier molecular flexibility index (Phi) is 51.4. The Bertz CT molecular complexity index is 1030. The van der Waals surface area contributed by atoms with Gasteiger partial charge in [0.05, 0.1) is 0 Å². The number of hydrogen-bond acceptors (Lipinski definition) is 5. The maximum atomic E-state index is 12.6. The van der Waals surface area contributed by atoms with Crippen LogP contribution in [0.4, 0.5) is 0 Å². The van der Waals surface area contributed by atoms with Crippen LogP contribution in [0.15, 0.2) is 48.6 Å². The van der Waals surface area contributed by atoms with Crippen molar-refractivity contribution in [1.29, 1.82) is 0 Å². The SMILES string of the molecule is CC/C=C\C/C=C\C/C=C\CCCCCCCC(=O)OC[C@H](COC(=O)CCCCCCC/C=C\CCCCCCCC)OCCCCCCCCCCCCCCCCCC. The lowest BCUT2D eigenvalue weighted by Gasteiger charge is -2.18. The van der Waals surface area contributed by atoms with Crippen LogP contribution in [0, 0.1) is 0 Å². The second kappa shape index (κ2) is 53.2. The van der Waals surface area contributed by atoms with Crippen molar-refractivity contribution in [2.45, 2.75) is 284 Å². The van der Waals surface area contributed by atoms with E-state index >= 15 is 0 Å². The van der Waals surface area contributed by atoms with Crippen LogP contribution < -0.4 is 0 Å². The third-order valence-electron chi connectivity index (χ3n) is 11.9. The first-order valence-corrected chi connectivity index (χ1v) is 27.2. The largest absolute Gasteiger partial charge is 0.463 e. The third-order valence-corrected chi connectivity index (χ3v) is 11.9. The number of hydrogen-bond donors (Lipinski definition) is 0. The molecule has 0 aromatic rings. The van der Waals surface area contributed by atoms with Gasteiger partial charge in [-0.3, -0.25) is 9.59 Å². The summed E-state index contributed by atoms with van der Waals surface area (Å²) in [6.07, 6.45) is 65.7. The standard InChI is InChI=1S/C57H104O5/c1-4-7-10-13-16-19-22-25-28-31-34-37-40-43-46-49-52-60-55(53-61-56(58)50-47-44-41-38-35-32-29-26-23-20-17-14-11-8-5-2)54-62-57(59)51-48-45-42-39-36-33-30-27-24-21-18-15-12-9-6-3/h8,11,17,20,26-27,29-30,55H,4-7,9-10,12-16,18-19,21-25,28,31-54H2,1-3H3/b11-8-,20-17-,29-26-,30-27-/t55-/m1/s1. The third kappa shape index (κ3) is 50.5. The Balaban J connectivity index is 4.27. The van der Waals surface area contributed by atoms with Gasteiger partial charge in [-0.15, -0.1) is 0 Å². The Morgan fingerprint density at radius 3 is 1.05 bits per heavy atom. The predicted octanol–water partition coefficient (Wildman–Crippen LogP) is 18.3. The quantitative estimate of drug-likeness (QED) is 0.0346. The molecule has 0 rings (SSSR count). The molecule has 0 heterocycles. The number of carbonyl (C=O) groups is 2. The number of allylic oxidation sites excluding steroid dienone is 8. The second-order valence-electron chi connectivity index (χ2n) is 18.1. The van der Waals surface area contributed by atoms with Crippen molar-refractivity contribution in [3.8, 4) is 0 Å². The summed E-state index contributed by atoms with van der Waals surface area (Å²) in [7, 11) is 0. The Labute approximate surface area is 386 Å². The molecular formula is C57H104O5. The van der Waals surface area contributed by atoms with Crippen LogP contribution in [-0.2, 0) is 23.8 Å². The average Bonchev–Trinajstić information content (AvgIpc) is 3.28. The fourth-order valence-corrected chi connectivity index (χ4v) is 7.79. The molecule has 0 bridgehead atoms. The lowest BCUT2D eigenvalue weighted by Crippen LogP contribution is -2.29. The second-order valence-corrected chi connectivity index (χ2v) is 18.1. The van der Waals surface area contributed by atoms with Crippen molar-refractivity contribution >= 4 is 11.9 Å². The Morgan fingerprint density at radius 2 is 0.661 bits per heavy atom. The lowest BCUT2D eigenvalue weighted by molar-refractivity contribution is -0.155. The highest BCUT2D eigenvalue weighted by Gasteiger charge is 2.16. The molecule has 362 valence electrons. The summed E-state index contributed by atoms with van der Waals surface area (Å²) in [4.78, 5) is 25.2. The fourth-order valence-electron chi connectivity index (χ4n) is 7.79. The first kappa shape index (κ1) is 59.9.